The molecule has 0 bridgehead atoms. The van der Waals surface area contributed by atoms with Crippen molar-refractivity contribution in [3.05, 3.63) is 41.6 Å². The summed E-state index contributed by atoms with van der Waals surface area (Å²) in [6.45, 7) is 5.31. The third-order valence-corrected chi connectivity index (χ3v) is 2.97. The Labute approximate surface area is 118 Å². The first-order chi connectivity index (χ1) is 9.77. The first-order valence-electron chi connectivity index (χ1n) is 6.73. The smallest absolute Gasteiger partial charge is 0.222 e. The number of aliphatic hydroxyl groups excluding tert-OH is 1. The van der Waals surface area contributed by atoms with Crippen LogP contribution in [0.15, 0.2) is 30.3 Å². The van der Waals surface area contributed by atoms with Gasteiger partial charge in [0.2, 0.25) is 5.88 Å². The minimum absolute atomic E-state index is 0.0946. The van der Waals surface area contributed by atoms with Gasteiger partial charge in [-0.3, -0.25) is 0 Å². The number of ether oxygens (including phenoxy) is 2. The minimum Gasteiger partial charge on any atom is -0.475 e. The van der Waals surface area contributed by atoms with Crippen LogP contribution in [0.2, 0.25) is 0 Å². The van der Waals surface area contributed by atoms with Gasteiger partial charge in [0.05, 0.1) is 30.2 Å². The van der Waals surface area contributed by atoms with Gasteiger partial charge in [-0.1, -0.05) is 18.2 Å². The van der Waals surface area contributed by atoms with E-state index in [1.54, 1.807) is 4.68 Å². The summed E-state index contributed by atoms with van der Waals surface area (Å²) in [5, 5.41) is 13.9. The number of aryl methyl sites for hydroxylation is 1. The third kappa shape index (κ3) is 3.18. The lowest BCUT2D eigenvalue weighted by atomic mass is 10.2. The molecule has 1 aromatic carbocycles. The molecular formula is C15H20N2O3. The average Bonchev–Trinajstić information content (AvgIpc) is 2.80. The minimum atomic E-state index is -0.0946. The molecular weight excluding hydrogens is 256 g/mol. The Morgan fingerprint density at radius 1 is 1.20 bits per heavy atom. The quantitative estimate of drug-likeness (QED) is 0.787. The molecule has 0 spiro atoms. The molecule has 5 heteroatoms. The number of hydrogen-bond acceptors (Lipinski definition) is 4. The highest BCUT2D eigenvalue weighted by molar-refractivity contribution is 5.40. The number of rotatable bonds is 7. The summed E-state index contributed by atoms with van der Waals surface area (Å²) in [7, 11) is 0. The standard InChI is InChI=1S/C15H20N2O3/c1-3-19-9-10-20-15-14(11-18)12(2)16-17(15)13-7-5-4-6-8-13/h4-8,18H,3,9-11H2,1-2H3. The van der Waals surface area contributed by atoms with Crippen LogP contribution in [0.5, 0.6) is 5.88 Å². The van der Waals surface area contributed by atoms with Gasteiger partial charge in [-0.2, -0.15) is 5.10 Å². The first-order valence-corrected chi connectivity index (χ1v) is 6.73. The second-order valence-corrected chi connectivity index (χ2v) is 4.32. The zero-order valence-electron chi connectivity index (χ0n) is 11.9. The van der Waals surface area contributed by atoms with Crippen molar-refractivity contribution in [2.45, 2.75) is 20.5 Å². The van der Waals surface area contributed by atoms with Crippen LogP contribution in [-0.2, 0) is 11.3 Å². The van der Waals surface area contributed by atoms with Crippen molar-refractivity contribution in [3.8, 4) is 11.6 Å². The average molecular weight is 276 g/mol. The van der Waals surface area contributed by atoms with Crippen LogP contribution in [0.25, 0.3) is 5.69 Å². The lowest BCUT2D eigenvalue weighted by Crippen LogP contribution is -2.10. The molecule has 0 aliphatic carbocycles. The van der Waals surface area contributed by atoms with Crippen LogP contribution in [0.4, 0.5) is 0 Å². The van der Waals surface area contributed by atoms with Crippen molar-refractivity contribution in [1.29, 1.82) is 0 Å². The third-order valence-electron chi connectivity index (χ3n) is 2.97. The van der Waals surface area contributed by atoms with Crippen molar-refractivity contribution in [3.63, 3.8) is 0 Å². The maximum Gasteiger partial charge on any atom is 0.222 e. The van der Waals surface area contributed by atoms with E-state index in [0.29, 0.717) is 31.3 Å². The number of para-hydroxylation sites is 1. The zero-order valence-corrected chi connectivity index (χ0v) is 11.9. The molecule has 2 rings (SSSR count). The van der Waals surface area contributed by atoms with Gasteiger partial charge in [-0.15, -0.1) is 0 Å². The largest absolute Gasteiger partial charge is 0.475 e. The van der Waals surface area contributed by atoms with Gasteiger partial charge in [0.1, 0.15) is 6.61 Å². The summed E-state index contributed by atoms with van der Waals surface area (Å²) in [4.78, 5) is 0. The van der Waals surface area contributed by atoms with Crippen LogP contribution in [-0.4, -0.2) is 34.7 Å². The van der Waals surface area contributed by atoms with Crippen LogP contribution >= 0.6 is 0 Å². The second-order valence-electron chi connectivity index (χ2n) is 4.32. The predicted octanol–water partition coefficient (Wildman–Crippen LogP) is 2.09. The van der Waals surface area contributed by atoms with E-state index in [9.17, 15) is 5.11 Å². The molecule has 2 aromatic rings. The van der Waals surface area contributed by atoms with Crippen molar-refractivity contribution in [2.24, 2.45) is 0 Å². The molecule has 1 aromatic heterocycles. The number of hydrogen-bond donors (Lipinski definition) is 1. The van der Waals surface area contributed by atoms with Gasteiger partial charge in [0.25, 0.3) is 0 Å². The van der Waals surface area contributed by atoms with Gasteiger partial charge >= 0.3 is 0 Å². The normalized spacial score (nSPS) is 10.8. The molecule has 0 saturated carbocycles. The van der Waals surface area contributed by atoms with Crippen molar-refractivity contribution in [1.82, 2.24) is 9.78 Å². The highest BCUT2D eigenvalue weighted by Crippen LogP contribution is 2.25. The number of nitrogens with zero attached hydrogens (tertiary/aromatic N) is 2. The molecule has 5 nitrogen and oxygen atoms in total. The summed E-state index contributed by atoms with van der Waals surface area (Å²) in [6.07, 6.45) is 0. The van der Waals surface area contributed by atoms with Crippen LogP contribution in [0.3, 0.4) is 0 Å². The molecule has 0 radical (unpaired) electrons. The van der Waals surface area contributed by atoms with Crippen molar-refractivity contribution >= 4 is 0 Å². The predicted molar refractivity (Wildman–Crippen MR) is 76.2 cm³/mol. The topological polar surface area (TPSA) is 56.5 Å². The van der Waals surface area contributed by atoms with Crippen LogP contribution in [0.1, 0.15) is 18.2 Å². The molecule has 108 valence electrons. The molecule has 0 aliphatic rings. The Morgan fingerprint density at radius 2 is 1.95 bits per heavy atom. The van der Waals surface area contributed by atoms with E-state index in [1.807, 2.05) is 44.2 Å². The van der Waals surface area contributed by atoms with Gasteiger partial charge in [0.15, 0.2) is 0 Å². The van der Waals surface area contributed by atoms with Crippen molar-refractivity contribution < 1.29 is 14.6 Å². The van der Waals surface area contributed by atoms with E-state index in [1.165, 1.54) is 0 Å². The van der Waals surface area contributed by atoms with E-state index in [4.69, 9.17) is 9.47 Å². The maximum atomic E-state index is 9.50. The van der Waals surface area contributed by atoms with Gasteiger partial charge < -0.3 is 14.6 Å². The van der Waals surface area contributed by atoms with Crippen LogP contribution < -0.4 is 4.74 Å². The van der Waals surface area contributed by atoms with Gasteiger partial charge in [-0.05, 0) is 26.0 Å². The number of aliphatic hydroxyl groups is 1. The van der Waals surface area contributed by atoms with Crippen molar-refractivity contribution in [2.75, 3.05) is 19.8 Å². The first kappa shape index (κ1) is 14.6. The Kier molecular flexibility index (Phi) is 5.15. The molecule has 0 unspecified atom stereocenters. The highest BCUT2D eigenvalue weighted by Gasteiger charge is 2.17. The Bertz CT molecular complexity index is 538. The van der Waals surface area contributed by atoms with Crippen LogP contribution in [0, 0.1) is 6.92 Å². The zero-order chi connectivity index (χ0) is 14.4. The van der Waals surface area contributed by atoms with Gasteiger partial charge in [0, 0.05) is 6.61 Å². The Morgan fingerprint density at radius 3 is 2.60 bits per heavy atom. The number of aromatic nitrogens is 2. The van der Waals surface area contributed by atoms with E-state index in [2.05, 4.69) is 5.10 Å². The maximum absolute atomic E-state index is 9.50. The lowest BCUT2D eigenvalue weighted by molar-refractivity contribution is 0.106. The molecule has 0 fully saturated rings. The fraction of sp³-hybridized carbons (Fsp3) is 0.400. The molecule has 0 atom stereocenters. The molecule has 0 saturated heterocycles. The summed E-state index contributed by atoms with van der Waals surface area (Å²) in [6, 6.07) is 9.72. The van der Waals surface area contributed by atoms with E-state index in [-0.39, 0.29) is 6.61 Å². The molecule has 1 heterocycles. The molecule has 0 aliphatic heterocycles. The fourth-order valence-corrected chi connectivity index (χ4v) is 1.95. The second kappa shape index (κ2) is 7.07. The Balaban J connectivity index is 2.27. The lowest BCUT2D eigenvalue weighted by Gasteiger charge is -2.10. The summed E-state index contributed by atoms with van der Waals surface area (Å²) in [5.41, 5.74) is 2.38. The Hall–Kier alpha value is -1.85. The summed E-state index contributed by atoms with van der Waals surface area (Å²) < 4.78 is 12.7. The number of benzene rings is 1. The van der Waals surface area contributed by atoms with E-state index in [0.717, 1.165) is 11.4 Å². The molecule has 0 amide bonds. The molecule has 1 N–H and O–H groups in total. The summed E-state index contributed by atoms with van der Waals surface area (Å²) >= 11 is 0. The SMILES string of the molecule is CCOCCOc1c(CO)c(C)nn1-c1ccccc1. The monoisotopic (exact) mass is 276 g/mol. The summed E-state index contributed by atoms with van der Waals surface area (Å²) in [5.74, 6) is 0.580. The van der Waals surface area contributed by atoms with Gasteiger partial charge in [-0.25, -0.2) is 4.68 Å². The van der Waals surface area contributed by atoms with E-state index < -0.39 is 0 Å². The van der Waals surface area contributed by atoms with E-state index >= 15 is 0 Å². The fourth-order valence-electron chi connectivity index (χ4n) is 1.95. The highest BCUT2D eigenvalue weighted by atomic mass is 16.5. The molecule has 20 heavy (non-hydrogen) atoms.